The van der Waals surface area contributed by atoms with Gasteiger partial charge in [-0.1, -0.05) is 27.7 Å². The highest BCUT2D eigenvalue weighted by Crippen LogP contribution is 2.25. The number of aliphatic hydroxyl groups is 1. The predicted molar refractivity (Wildman–Crippen MR) is 82.5 cm³/mol. The van der Waals surface area contributed by atoms with Crippen molar-refractivity contribution in [2.24, 2.45) is 5.92 Å². The summed E-state index contributed by atoms with van der Waals surface area (Å²) in [6, 6.07) is 0.782. The number of likely N-dealkylation sites (tertiary alicyclic amines) is 1. The molecule has 2 N–H and O–H groups in total. The van der Waals surface area contributed by atoms with Gasteiger partial charge in [0, 0.05) is 11.6 Å². The standard InChI is InChI=1S/C16H34N2O/c1-5-16(13-19,17-6-2)10-8-12-18-11-7-9-15(18)14(3)4/h14-15,17,19H,5-13H2,1-4H3. The monoisotopic (exact) mass is 270 g/mol. The third kappa shape index (κ3) is 4.73. The fourth-order valence-corrected chi connectivity index (χ4v) is 3.52. The zero-order valence-electron chi connectivity index (χ0n) is 13.4. The van der Waals surface area contributed by atoms with E-state index in [1.165, 1.54) is 32.4 Å². The molecular formula is C16H34N2O. The van der Waals surface area contributed by atoms with Crippen molar-refractivity contribution >= 4 is 0 Å². The van der Waals surface area contributed by atoms with E-state index in [9.17, 15) is 5.11 Å². The van der Waals surface area contributed by atoms with Gasteiger partial charge in [-0.25, -0.2) is 0 Å². The van der Waals surface area contributed by atoms with Crippen LogP contribution < -0.4 is 5.32 Å². The number of hydrogen-bond donors (Lipinski definition) is 2. The molecule has 0 aromatic carbocycles. The molecule has 1 heterocycles. The van der Waals surface area contributed by atoms with Crippen molar-refractivity contribution in [3.8, 4) is 0 Å². The van der Waals surface area contributed by atoms with Gasteiger partial charge < -0.3 is 15.3 Å². The number of likely N-dealkylation sites (N-methyl/N-ethyl adjacent to an activating group) is 1. The van der Waals surface area contributed by atoms with Crippen LogP contribution in [0.4, 0.5) is 0 Å². The Morgan fingerprint density at radius 2 is 2.11 bits per heavy atom. The lowest BCUT2D eigenvalue weighted by atomic mass is 9.91. The molecule has 2 unspecified atom stereocenters. The first kappa shape index (κ1) is 16.9. The highest BCUT2D eigenvalue weighted by atomic mass is 16.3. The van der Waals surface area contributed by atoms with Crippen molar-refractivity contribution in [1.82, 2.24) is 10.2 Å². The van der Waals surface area contributed by atoms with Gasteiger partial charge in [0.2, 0.25) is 0 Å². The maximum absolute atomic E-state index is 9.66. The van der Waals surface area contributed by atoms with E-state index in [0.29, 0.717) is 0 Å². The Balaban J connectivity index is 2.39. The van der Waals surface area contributed by atoms with E-state index in [1.807, 2.05) is 0 Å². The van der Waals surface area contributed by atoms with Crippen LogP contribution in [0.1, 0.15) is 59.8 Å². The summed E-state index contributed by atoms with van der Waals surface area (Å²) in [4.78, 5) is 2.66. The molecule has 1 fully saturated rings. The predicted octanol–water partition coefficient (Wildman–Crippen LogP) is 2.64. The summed E-state index contributed by atoms with van der Waals surface area (Å²) in [5.74, 6) is 0.769. The normalized spacial score (nSPS) is 24.0. The SMILES string of the molecule is CCNC(CC)(CO)CCCN1CCCC1C(C)C. The van der Waals surface area contributed by atoms with E-state index in [0.717, 1.165) is 31.3 Å². The molecule has 0 bridgehead atoms. The van der Waals surface area contributed by atoms with Crippen molar-refractivity contribution < 1.29 is 5.11 Å². The van der Waals surface area contributed by atoms with Gasteiger partial charge in [0.15, 0.2) is 0 Å². The van der Waals surface area contributed by atoms with Crippen LogP contribution in [0, 0.1) is 5.92 Å². The summed E-state index contributed by atoms with van der Waals surface area (Å²) in [5, 5.41) is 13.2. The zero-order chi connectivity index (χ0) is 14.3. The highest BCUT2D eigenvalue weighted by molar-refractivity contribution is 4.87. The Kier molecular flexibility index (Phi) is 7.33. The van der Waals surface area contributed by atoms with E-state index in [1.54, 1.807) is 0 Å². The summed E-state index contributed by atoms with van der Waals surface area (Å²) >= 11 is 0. The molecule has 0 spiro atoms. The molecule has 0 aromatic heterocycles. The van der Waals surface area contributed by atoms with Gasteiger partial charge in [-0.15, -0.1) is 0 Å². The van der Waals surface area contributed by atoms with Gasteiger partial charge in [-0.3, -0.25) is 0 Å². The molecule has 0 amide bonds. The van der Waals surface area contributed by atoms with Crippen molar-refractivity contribution in [3.05, 3.63) is 0 Å². The first-order valence-corrected chi connectivity index (χ1v) is 8.18. The molecule has 19 heavy (non-hydrogen) atoms. The average Bonchev–Trinajstić information content (AvgIpc) is 2.86. The zero-order valence-corrected chi connectivity index (χ0v) is 13.4. The van der Waals surface area contributed by atoms with Crippen LogP contribution in [-0.2, 0) is 0 Å². The largest absolute Gasteiger partial charge is 0.394 e. The summed E-state index contributed by atoms with van der Waals surface area (Å²) in [6.45, 7) is 12.6. The van der Waals surface area contributed by atoms with E-state index in [2.05, 4.69) is 37.9 Å². The molecular weight excluding hydrogens is 236 g/mol. The minimum atomic E-state index is -0.0538. The quantitative estimate of drug-likeness (QED) is 0.676. The van der Waals surface area contributed by atoms with Gasteiger partial charge in [0.25, 0.3) is 0 Å². The van der Waals surface area contributed by atoms with Crippen LogP contribution in [0.5, 0.6) is 0 Å². The maximum Gasteiger partial charge on any atom is 0.0613 e. The number of aliphatic hydroxyl groups excluding tert-OH is 1. The Bertz CT molecular complexity index is 239. The molecule has 0 aliphatic carbocycles. The van der Waals surface area contributed by atoms with Crippen molar-refractivity contribution in [1.29, 1.82) is 0 Å². The van der Waals surface area contributed by atoms with Crippen LogP contribution in [0.3, 0.4) is 0 Å². The number of nitrogens with one attached hydrogen (secondary N) is 1. The molecule has 1 aliphatic heterocycles. The smallest absolute Gasteiger partial charge is 0.0613 e. The molecule has 3 nitrogen and oxygen atoms in total. The number of nitrogens with zero attached hydrogens (tertiary/aromatic N) is 1. The van der Waals surface area contributed by atoms with Crippen molar-refractivity contribution in [2.75, 3.05) is 26.2 Å². The third-order valence-corrected chi connectivity index (χ3v) is 4.82. The van der Waals surface area contributed by atoms with Gasteiger partial charge in [-0.2, -0.15) is 0 Å². The number of hydrogen-bond acceptors (Lipinski definition) is 3. The summed E-state index contributed by atoms with van der Waals surface area (Å²) < 4.78 is 0. The van der Waals surface area contributed by atoms with Gasteiger partial charge >= 0.3 is 0 Å². The number of rotatable bonds is 9. The topological polar surface area (TPSA) is 35.5 Å². The molecule has 0 radical (unpaired) electrons. The minimum Gasteiger partial charge on any atom is -0.394 e. The second-order valence-electron chi connectivity index (χ2n) is 6.42. The molecule has 3 heteroatoms. The lowest BCUT2D eigenvalue weighted by Crippen LogP contribution is -2.48. The van der Waals surface area contributed by atoms with Crippen molar-refractivity contribution in [2.45, 2.75) is 71.4 Å². The van der Waals surface area contributed by atoms with E-state index in [4.69, 9.17) is 0 Å². The second-order valence-corrected chi connectivity index (χ2v) is 6.42. The first-order valence-electron chi connectivity index (χ1n) is 8.18. The molecule has 1 aliphatic rings. The second kappa shape index (κ2) is 8.23. The van der Waals surface area contributed by atoms with Crippen LogP contribution in [-0.4, -0.2) is 47.8 Å². The molecule has 0 aromatic rings. The van der Waals surface area contributed by atoms with Gasteiger partial charge in [0.05, 0.1) is 6.61 Å². The first-order chi connectivity index (χ1) is 9.08. The Hall–Kier alpha value is -0.120. The average molecular weight is 270 g/mol. The lowest BCUT2D eigenvalue weighted by Gasteiger charge is -2.33. The molecule has 0 saturated carbocycles. The third-order valence-electron chi connectivity index (χ3n) is 4.82. The Labute approximate surface area is 119 Å². The van der Waals surface area contributed by atoms with Crippen LogP contribution >= 0.6 is 0 Å². The van der Waals surface area contributed by atoms with Crippen LogP contribution in [0.2, 0.25) is 0 Å². The summed E-state index contributed by atoms with van der Waals surface area (Å²) in [5.41, 5.74) is -0.0538. The van der Waals surface area contributed by atoms with Crippen LogP contribution in [0.15, 0.2) is 0 Å². The van der Waals surface area contributed by atoms with E-state index < -0.39 is 0 Å². The fourth-order valence-electron chi connectivity index (χ4n) is 3.52. The molecule has 1 saturated heterocycles. The minimum absolute atomic E-state index is 0.0538. The molecule has 1 rings (SSSR count). The van der Waals surface area contributed by atoms with E-state index in [-0.39, 0.29) is 12.1 Å². The molecule has 2 atom stereocenters. The van der Waals surface area contributed by atoms with Gasteiger partial charge in [0.1, 0.15) is 0 Å². The molecule has 114 valence electrons. The van der Waals surface area contributed by atoms with E-state index >= 15 is 0 Å². The Morgan fingerprint density at radius 1 is 1.37 bits per heavy atom. The van der Waals surface area contributed by atoms with Crippen LogP contribution in [0.25, 0.3) is 0 Å². The highest BCUT2D eigenvalue weighted by Gasteiger charge is 2.29. The summed E-state index contributed by atoms with van der Waals surface area (Å²) in [6.07, 6.45) is 5.99. The summed E-state index contributed by atoms with van der Waals surface area (Å²) in [7, 11) is 0. The fraction of sp³-hybridized carbons (Fsp3) is 1.00. The maximum atomic E-state index is 9.66. The van der Waals surface area contributed by atoms with Crippen molar-refractivity contribution in [3.63, 3.8) is 0 Å². The Morgan fingerprint density at radius 3 is 2.63 bits per heavy atom. The lowest BCUT2D eigenvalue weighted by molar-refractivity contribution is 0.135. The van der Waals surface area contributed by atoms with Gasteiger partial charge in [-0.05, 0) is 57.7 Å².